The lowest BCUT2D eigenvalue weighted by molar-refractivity contribution is -0.122. The molecule has 1 N–H and O–H groups in total. The normalized spacial score (nSPS) is 11.8. The van der Waals surface area contributed by atoms with E-state index in [0.29, 0.717) is 29.0 Å². The van der Waals surface area contributed by atoms with Gasteiger partial charge in [-0.25, -0.2) is 19.6 Å². The standard InChI is InChI=1S/C22H22N6O3/c1-4-17(21(29)27-19-10-9-14(2)11-23-19)31-22-15-12-26-28(20(15)24-13-25-22)16-7-5-6-8-18(16)30-3/h5-13,17H,4H2,1-3H3,(H,23,27,29). The molecule has 158 valence electrons. The summed E-state index contributed by atoms with van der Waals surface area (Å²) >= 11 is 0. The fourth-order valence-corrected chi connectivity index (χ4v) is 3.10. The first kappa shape index (κ1) is 20.3. The molecule has 0 aliphatic carbocycles. The highest BCUT2D eigenvalue weighted by Gasteiger charge is 2.22. The van der Waals surface area contributed by atoms with E-state index in [1.54, 1.807) is 30.3 Å². The smallest absolute Gasteiger partial charge is 0.266 e. The zero-order valence-electron chi connectivity index (χ0n) is 17.4. The SMILES string of the molecule is CCC(Oc1ncnc2c1cnn2-c1ccccc1OC)C(=O)Nc1ccc(C)cn1. The van der Waals surface area contributed by atoms with Crippen LogP contribution in [0.1, 0.15) is 18.9 Å². The lowest BCUT2D eigenvalue weighted by Gasteiger charge is -2.16. The molecule has 4 rings (SSSR count). The van der Waals surface area contributed by atoms with Gasteiger partial charge in [0, 0.05) is 6.20 Å². The molecule has 0 saturated carbocycles. The van der Waals surface area contributed by atoms with Crippen molar-refractivity contribution < 1.29 is 14.3 Å². The van der Waals surface area contributed by atoms with Crippen LogP contribution in [0.15, 0.2) is 55.1 Å². The molecule has 3 aromatic heterocycles. The Hall–Kier alpha value is -4.01. The topological polar surface area (TPSA) is 104 Å². The second kappa shape index (κ2) is 8.78. The van der Waals surface area contributed by atoms with Crippen LogP contribution in [0.2, 0.25) is 0 Å². The van der Waals surface area contributed by atoms with E-state index in [0.717, 1.165) is 11.3 Å². The van der Waals surface area contributed by atoms with Gasteiger partial charge in [-0.3, -0.25) is 4.79 Å². The van der Waals surface area contributed by atoms with Gasteiger partial charge in [0.1, 0.15) is 29.0 Å². The molecule has 9 nitrogen and oxygen atoms in total. The van der Waals surface area contributed by atoms with Crippen molar-refractivity contribution in [2.75, 3.05) is 12.4 Å². The van der Waals surface area contributed by atoms with Crippen molar-refractivity contribution in [1.29, 1.82) is 0 Å². The van der Waals surface area contributed by atoms with E-state index < -0.39 is 6.10 Å². The van der Waals surface area contributed by atoms with Crippen molar-refractivity contribution in [1.82, 2.24) is 24.7 Å². The van der Waals surface area contributed by atoms with Crippen LogP contribution in [0.4, 0.5) is 5.82 Å². The first-order chi connectivity index (χ1) is 15.1. The Morgan fingerprint density at radius 1 is 1.13 bits per heavy atom. The molecule has 0 aliphatic rings. The van der Waals surface area contributed by atoms with Crippen molar-refractivity contribution in [2.24, 2.45) is 0 Å². The summed E-state index contributed by atoms with van der Waals surface area (Å²) in [6.45, 7) is 3.80. The summed E-state index contributed by atoms with van der Waals surface area (Å²) in [5, 5.41) is 7.80. The molecule has 9 heteroatoms. The molecule has 0 saturated heterocycles. The molecule has 1 amide bonds. The predicted octanol–water partition coefficient (Wildman–Crippen LogP) is 3.32. The van der Waals surface area contributed by atoms with Crippen LogP contribution in [-0.2, 0) is 4.79 Å². The molecule has 0 radical (unpaired) electrons. The van der Waals surface area contributed by atoms with E-state index in [4.69, 9.17) is 9.47 Å². The van der Waals surface area contributed by atoms with E-state index in [1.807, 2.05) is 44.2 Å². The number of aromatic nitrogens is 5. The molecular weight excluding hydrogens is 396 g/mol. The van der Waals surface area contributed by atoms with E-state index in [9.17, 15) is 4.79 Å². The summed E-state index contributed by atoms with van der Waals surface area (Å²) in [6.07, 6.45) is 4.39. The minimum atomic E-state index is -0.754. The van der Waals surface area contributed by atoms with Gasteiger partial charge >= 0.3 is 0 Å². The number of amides is 1. The molecule has 0 bridgehead atoms. The zero-order valence-corrected chi connectivity index (χ0v) is 17.4. The van der Waals surface area contributed by atoms with E-state index in [2.05, 4.69) is 25.4 Å². The number of nitrogens with zero attached hydrogens (tertiary/aromatic N) is 5. The number of fused-ring (bicyclic) bond motifs is 1. The second-order valence-corrected chi connectivity index (χ2v) is 6.87. The van der Waals surface area contributed by atoms with Gasteiger partial charge in [0.2, 0.25) is 5.88 Å². The average molecular weight is 418 g/mol. The summed E-state index contributed by atoms with van der Waals surface area (Å²) in [4.78, 5) is 25.5. The molecule has 0 aliphatic heterocycles. The van der Waals surface area contributed by atoms with Crippen LogP contribution in [0.3, 0.4) is 0 Å². The summed E-state index contributed by atoms with van der Waals surface area (Å²) in [6, 6.07) is 11.1. The maximum absolute atomic E-state index is 12.7. The van der Waals surface area contributed by atoms with Gasteiger partial charge in [-0.2, -0.15) is 5.10 Å². The van der Waals surface area contributed by atoms with Crippen LogP contribution < -0.4 is 14.8 Å². The number of hydrogen-bond donors (Lipinski definition) is 1. The Kier molecular flexibility index (Phi) is 5.74. The quantitative estimate of drug-likeness (QED) is 0.491. The highest BCUT2D eigenvalue weighted by Crippen LogP contribution is 2.28. The van der Waals surface area contributed by atoms with Gasteiger partial charge in [0.15, 0.2) is 11.8 Å². The van der Waals surface area contributed by atoms with Crippen molar-refractivity contribution >= 4 is 22.8 Å². The number of hydrogen-bond acceptors (Lipinski definition) is 7. The van der Waals surface area contributed by atoms with Crippen LogP contribution in [0.5, 0.6) is 11.6 Å². The third-order valence-electron chi connectivity index (χ3n) is 4.72. The molecule has 0 fully saturated rings. The molecular formula is C22H22N6O3. The van der Waals surface area contributed by atoms with E-state index in [-0.39, 0.29) is 11.8 Å². The number of aryl methyl sites for hydroxylation is 1. The van der Waals surface area contributed by atoms with Gasteiger partial charge in [0.25, 0.3) is 5.91 Å². The number of para-hydroxylation sites is 2. The highest BCUT2D eigenvalue weighted by molar-refractivity contribution is 5.94. The van der Waals surface area contributed by atoms with E-state index in [1.165, 1.54) is 6.33 Å². The number of benzene rings is 1. The maximum Gasteiger partial charge on any atom is 0.266 e. The van der Waals surface area contributed by atoms with Crippen molar-refractivity contribution in [3.05, 3.63) is 60.7 Å². The third kappa shape index (κ3) is 4.16. The molecule has 1 atom stereocenters. The van der Waals surface area contributed by atoms with Crippen LogP contribution in [-0.4, -0.2) is 43.9 Å². The first-order valence-corrected chi connectivity index (χ1v) is 9.83. The molecule has 1 unspecified atom stereocenters. The Morgan fingerprint density at radius 2 is 1.97 bits per heavy atom. The monoisotopic (exact) mass is 418 g/mol. The summed E-state index contributed by atoms with van der Waals surface area (Å²) in [5.74, 6) is 1.10. The van der Waals surface area contributed by atoms with Crippen LogP contribution in [0, 0.1) is 6.92 Å². The summed E-state index contributed by atoms with van der Waals surface area (Å²) < 4.78 is 13.0. The third-order valence-corrected chi connectivity index (χ3v) is 4.72. The van der Waals surface area contributed by atoms with Crippen molar-refractivity contribution in [2.45, 2.75) is 26.4 Å². The van der Waals surface area contributed by atoms with Crippen molar-refractivity contribution in [3.8, 4) is 17.3 Å². The molecule has 31 heavy (non-hydrogen) atoms. The number of pyridine rings is 1. The Morgan fingerprint density at radius 3 is 2.71 bits per heavy atom. The number of methoxy groups -OCH3 is 1. The van der Waals surface area contributed by atoms with Gasteiger partial charge in [-0.05, 0) is 37.1 Å². The molecule has 4 aromatic rings. The Labute approximate surface area is 179 Å². The second-order valence-electron chi connectivity index (χ2n) is 6.87. The molecule has 1 aromatic carbocycles. The van der Waals surface area contributed by atoms with Gasteiger partial charge in [0.05, 0.1) is 13.3 Å². The minimum Gasteiger partial charge on any atom is -0.494 e. The lowest BCUT2D eigenvalue weighted by atomic mass is 10.2. The average Bonchev–Trinajstić information content (AvgIpc) is 3.23. The van der Waals surface area contributed by atoms with Crippen LogP contribution in [0.25, 0.3) is 16.7 Å². The largest absolute Gasteiger partial charge is 0.494 e. The fraction of sp³-hybridized carbons (Fsp3) is 0.227. The number of nitrogens with one attached hydrogen (secondary N) is 1. The number of anilines is 1. The zero-order chi connectivity index (χ0) is 21.8. The van der Waals surface area contributed by atoms with E-state index >= 15 is 0 Å². The van der Waals surface area contributed by atoms with Crippen LogP contribution >= 0.6 is 0 Å². The Bertz CT molecular complexity index is 1210. The number of carbonyl (C=O) groups excluding carboxylic acids is 1. The van der Waals surface area contributed by atoms with Gasteiger partial charge in [-0.1, -0.05) is 25.1 Å². The number of ether oxygens (including phenoxy) is 2. The fourth-order valence-electron chi connectivity index (χ4n) is 3.10. The van der Waals surface area contributed by atoms with Gasteiger partial charge < -0.3 is 14.8 Å². The maximum atomic E-state index is 12.7. The predicted molar refractivity (Wildman–Crippen MR) is 116 cm³/mol. The minimum absolute atomic E-state index is 0.282. The highest BCUT2D eigenvalue weighted by atomic mass is 16.5. The summed E-state index contributed by atoms with van der Waals surface area (Å²) in [7, 11) is 1.60. The number of carbonyl (C=O) groups is 1. The number of rotatable bonds is 7. The first-order valence-electron chi connectivity index (χ1n) is 9.83. The lowest BCUT2D eigenvalue weighted by Crippen LogP contribution is -2.33. The van der Waals surface area contributed by atoms with Crippen molar-refractivity contribution in [3.63, 3.8) is 0 Å². The molecule has 3 heterocycles. The molecule has 0 spiro atoms. The van der Waals surface area contributed by atoms with Gasteiger partial charge in [-0.15, -0.1) is 0 Å². The summed E-state index contributed by atoms with van der Waals surface area (Å²) in [5.41, 5.74) is 2.29. The Balaban J connectivity index is 1.61.